The fourth-order valence-electron chi connectivity index (χ4n) is 2.66. The van der Waals surface area contributed by atoms with Gasteiger partial charge in [-0.1, -0.05) is 43.3 Å². The highest BCUT2D eigenvalue weighted by Crippen LogP contribution is 2.21. The van der Waals surface area contributed by atoms with E-state index in [1.54, 1.807) is 18.0 Å². The van der Waals surface area contributed by atoms with Crippen molar-refractivity contribution >= 4 is 5.91 Å². The zero-order chi connectivity index (χ0) is 17.7. The molecule has 1 heterocycles. The molecule has 5 heteroatoms. The van der Waals surface area contributed by atoms with E-state index in [0.29, 0.717) is 6.42 Å². The van der Waals surface area contributed by atoms with Crippen molar-refractivity contribution in [1.29, 1.82) is 0 Å². The lowest BCUT2D eigenvalue weighted by Crippen LogP contribution is -2.42. The first kappa shape index (κ1) is 18.1. The van der Waals surface area contributed by atoms with Gasteiger partial charge in [0.25, 0.3) is 0 Å². The molecule has 0 saturated heterocycles. The fourth-order valence-corrected chi connectivity index (χ4v) is 2.66. The maximum absolute atomic E-state index is 12.9. The second kappa shape index (κ2) is 8.02. The summed E-state index contributed by atoms with van der Waals surface area (Å²) in [6, 6.07) is 11.9. The summed E-state index contributed by atoms with van der Waals surface area (Å²) < 4.78 is 12.9. The van der Waals surface area contributed by atoms with Gasteiger partial charge in [-0.25, -0.2) is 4.98 Å². The van der Waals surface area contributed by atoms with E-state index in [1.807, 2.05) is 44.2 Å². The van der Waals surface area contributed by atoms with Crippen LogP contribution in [-0.2, 0) is 11.2 Å². The molecule has 2 aromatic rings. The molecule has 0 aliphatic carbocycles. The zero-order valence-corrected chi connectivity index (χ0v) is 14.2. The molecule has 24 heavy (non-hydrogen) atoms. The topological polar surface area (TPSA) is 53.4 Å². The van der Waals surface area contributed by atoms with E-state index >= 15 is 0 Å². The Balaban J connectivity index is 2.00. The first-order valence-electron chi connectivity index (χ1n) is 8.00. The van der Waals surface area contributed by atoms with Crippen LogP contribution < -0.4 is 0 Å². The highest BCUT2D eigenvalue weighted by molar-refractivity contribution is 5.78. The molecule has 1 N–H and O–H groups in total. The van der Waals surface area contributed by atoms with Gasteiger partial charge in [-0.3, -0.25) is 4.79 Å². The molecule has 1 aromatic heterocycles. The second-order valence-electron chi connectivity index (χ2n) is 6.14. The van der Waals surface area contributed by atoms with E-state index in [9.17, 15) is 14.3 Å². The molecule has 4 nitrogen and oxygen atoms in total. The van der Waals surface area contributed by atoms with Gasteiger partial charge in [0.05, 0.1) is 12.1 Å². The van der Waals surface area contributed by atoms with Crippen molar-refractivity contribution in [2.75, 3.05) is 7.05 Å². The van der Waals surface area contributed by atoms with E-state index in [0.717, 1.165) is 11.1 Å². The van der Waals surface area contributed by atoms with Gasteiger partial charge in [0, 0.05) is 19.2 Å². The molecule has 3 atom stereocenters. The summed E-state index contributed by atoms with van der Waals surface area (Å²) in [6.07, 6.45) is 1.17. The van der Waals surface area contributed by atoms with Crippen LogP contribution in [0.25, 0.3) is 0 Å². The van der Waals surface area contributed by atoms with Crippen LogP contribution in [0.5, 0.6) is 0 Å². The quantitative estimate of drug-likeness (QED) is 0.829. The Kier molecular flexibility index (Phi) is 6.04. The molecule has 0 fully saturated rings. The van der Waals surface area contributed by atoms with Gasteiger partial charge in [-0.15, -0.1) is 0 Å². The molecule has 0 saturated carbocycles. The standard InChI is InChI=1S/C19H23FN2O2/c1-13(11-15-9-10-17(20)21-12-15)19(24)22(3)14(2)18(23)16-7-5-4-6-8-16/h4-10,12-14,18,23H,11H2,1-3H3/t13-,14+,18-/m1/s1. The van der Waals surface area contributed by atoms with Crippen LogP contribution in [0.15, 0.2) is 48.7 Å². The fraction of sp³-hybridized carbons (Fsp3) is 0.368. The van der Waals surface area contributed by atoms with Crippen molar-refractivity contribution in [3.63, 3.8) is 0 Å². The van der Waals surface area contributed by atoms with Crippen molar-refractivity contribution in [3.05, 3.63) is 65.7 Å². The Morgan fingerprint density at radius 3 is 2.46 bits per heavy atom. The molecule has 0 aliphatic rings. The van der Waals surface area contributed by atoms with E-state index < -0.39 is 12.1 Å². The van der Waals surface area contributed by atoms with Crippen molar-refractivity contribution in [2.24, 2.45) is 5.92 Å². The number of rotatable bonds is 6. The molecular weight excluding hydrogens is 307 g/mol. The van der Waals surface area contributed by atoms with Gasteiger partial charge < -0.3 is 10.0 Å². The van der Waals surface area contributed by atoms with Crippen molar-refractivity contribution < 1.29 is 14.3 Å². The number of benzene rings is 1. The van der Waals surface area contributed by atoms with E-state index in [1.165, 1.54) is 12.3 Å². The first-order valence-corrected chi connectivity index (χ1v) is 8.00. The lowest BCUT2D eigenvalue weighted by molar-refractivity contribution is -0.137. The van der Waals surface area contributed by atoms with E-state index in [4.69, 9.17) is 0 Å². The minimum absolute atomic E-state index is 0.0678. The summed E-state index contributed by atoms with van der Waals surface area (Å²) in [6.45, 7) is 3.64. The summed E-state index contributed by atoms with van der Waals surface area (Å²) in [4.78, 5) is 17.8. The van der Waals surface area contributed by atoms with Crippen LogP contribution in [0.4, 0.5) is 4.39 Å². The van der Waals surface area contributed by atoms with Crippen molar-refractivity contribution in [2.45, 2.75) is 32.4 Å². The summed E-state index contributed by atoms with van der Waals surface area (Å²) in [7, 11) is 1.69. The third-order valence-electron chi connectivity index (χ3n) is 4.31. The number of hydrogen-bond acceptors (Lipinski definition) is 3. The Labute approximate surface area is 142 Å². The number of aliphatic hydroxyl groups excluding tert-OH is 1. The number of hydrogen-bond donors (Lipinski definition) is 1. The second-order valence-corrected chi connectivity index (χ2v) is 6.14. The molecule has 1 aromatic carbocycles. The van der Waals surface area contributed by atoms with Gasteiger partial charge in [0.1, 0.15) is 0 Å². The number of aromatic nitrogens is 1. The predicted molar refractivity (Wildman–Crippen MR) is 90.7 cm³/mol. The summed E-state index contributed by atoms with van der Waals surface area (Å²) in [5.74, 6) is -0.885. The van der Waals surface area contributed by atoms with Crippen LogP contribution in [0.3, 0.4) is 0 Å². The minimum atomic E-state index is -0.750. The highest BCUT2D eigenvalue weighted by atomic mass is 19.1. The molecule has 128 valence electrons. The molecule has 0 spiro atoms. The van der Waals surface area contributed by atoms with Gasteiger partial charge >= 0.3 is 0 Å². The maximum Gasteiger partial charge on any atom is 0.225 e. The van der Waals surface area contributed by atoms with E-state index in [-0.39, 0.29) is 17.9 Å². The number of halogens is 1. The Morgan fingerprint density at radius 1 is 1.21 bits per heavy atom. The summed E-state index contributed by atoms with van der Waals surface area (Å²) in [5.41, 5.74) is 1.59. The molecule has 0 bridgehead atoms. The monoisotopic (exact) mass is 330 g/mol. The molecular formula is C19H23FN2O2. The summed E-state index contributed by atoms with van der Waals surface area (Å²) >= 11 is 0. The van der Waals surface area contributed by atoms with Crippen LogP contribution >= 0.6 is 0 Å². The number of pyridine rings is 1. The smallest absolute Gasteiger partial charge is 0.225 e. The largest absolute Gasteiger partial charge is 0.386 e. The SMILES string of the molecule is C[C@H](Cc1ccc(F)nc1)C(=O)N(C)[C@@H](C)[C@@H](O)c1ccccc1. The number of aliphatic hydroxyl groups is 1. The van der Waals surface area contributed by atoms with Crippen LogP contribution in [0.2, 0.25) is 0 Å². The van der Waals surface area contributed by atoms with Crippen LogP contribution in [0.1, 0.15) is 31.1 Å². The van der Waals surface area contributed by atoms with Crippen molar-refractivity contribution in [1.82, 2.24) is 9.88 Å². The number of amides is 1. The predicted octanol–water partition coefficient (Wildman–Crippen LogP) is 2.98. The Hall–Kier alpha value is -2.27. The lowest BCUT2D eigenvalue weighted by Gasteiger charge is -2.31. The maximum atomic E-state index is 12.9. The molecule has 1 amide bonds. The molecule has 0 unspecified atom stereocenters. The lowest BCUT2D eigenvalue weighted by atomic mass is 9.98. The third-order valence-corrected chi connectivity index (χ3v) is 4.31. The van der Waals surface area contributed by atoms with Gasteiger partial charge in [-0.2, -0.15) is 4.39 Å². The summed E-state index contributed by atoms with van der Waals surface area (Å²) in [5, 5.41) is 10.5. The van der Waals surface area contributed by atoms with Gasteiger partial charge in [-0.05, 0) is 30.5 Å². The average molecular weight is 330 g/mol. The number of nitrogens with zero attached hydrogens (tertiary/aromatic N) is 2. The zero-order valence-electron chi connectivity index (χ0n) is 14.2. The first-order chi connectivity index (χ1) is 11.4. The Morgan fingerprint density at radius 2 is 1.88 bits per heavy atom. The van der Waals surface area contributed by atoms with Crippen LogP contribution in [-0.4, -0.2) is 34.0 Å². The highest BCUT2D eigenvalue weighted by Gasteiger charge is 2.27. The molecule has 0 aliphatic heterocycles. The third kappa shape index (κ3) is 4.38. The van der Waals surface area contributed by atoms with Gasteiger partial charge in [0.15, 0.2) is 0 Å². The van der Waals surface area contributed by atoms with E-state index in [2.05, 4.69) is 4.98 Å². The van der Waals surface area contributed by atoms with Gasteiger partial charge in [0.2, 0.25) is 11.9 Å². The normalized spacial score (nSPS) is 14.7. The Bertz CT molecular complexity index is 661. The minimum Gasteiger partial charge on any atom is -0.386 e. The number of likely N-dealkylation sites (N-methyl/N-ethyl adjacent to an activating group) is 1. The molecule has 0 radical (unpaired) electrons. The van der Waals surface area contributed by atoms with Crippen molar-refractivity contribution in [3.8, 4) is 0 Å². The average Bonchev–Trinajstić information content (AvgIpc) is 2.61. The van der Waals surface area contributed by atoms with Crippen LogP contribution in [0, 0.1) is 11.9 Å². The molecule has 2 rings (SSSR count). The number of carbonyl (C=O) groups excluding carboxylic acids is 1. The number of carbonyl (C=O) groups is 1.